The molecule has 0 amide bonds. The summed E-state index contributed by atoms with van der Waals surface area (Å²) in [5, 5.41) is 0. The molecule has 0 aromatic carbocycles. The minimum Gasteiger partial charge on any atom is -0.0856 e. The fourth-order valence-electron chi connectivity index (χ4n) is 1.83. The van der Waals surface area contributed by atoms with Crippen LogP contribution in [0.25, 0.3) is 0 Å². The molecule has 0 saturated heterocycles. The second-order valence-corrected chi connectivity index (χ2v) is 4.33. The molecule has 0 fully saturated rings. The number of hydrogen-bond acceptors (Lipinski definition) is 0. The lowest BCUT2D eigenvalue weighted by atomic mass is 9.88. The van der Waals surface area contributed by atoms with Crippen LogP contribution in [-0.2, 0) is 0 Å². The molecule has 1 atom stereocenters. The van der Waals surface area contributed by atoms with E-state index >= 15 is 0 Å². The summed E-state index contributed by atoms with van der Waals surface area (Å²) in [7, 11) is 0. The lowest BCUT2D eigenvalue weighted by Crippen LogP contribution is -2.02. The molecule has 0 bridgehead atoms. The van der Waals surface area contributed by atoms with Gasteiger partial charge in [-0.25, -0.2) is 0 Å². The quantitative estimate of drug-likeness (QED) is 0.564. The molecule has 1 aliphatic rings. The van der Waals surface area contributed by atoms with Gasteiger partial charge in [0.1, 0.15) is 0 Å². The second kappa shape index (κ2) is 5.26. The monoisotopic (exact) mass is 177 g/mol. The van der Waals surface area contributed by atoms with Gasteiger partial charge in [0, 0.05) is 0 Å². The minimum absolute atomic E-state index is 0.673. The zero-order chi connectivity index (χ0) is 9.68. The van der Waals surface area contributed by atoms with Gasteiger partial charge in [-0.05, 0) is 58.8 Å². The molecular weight excluding hydrogens is 156 g/mol. The van der Waals surface area contributed by atoms with Crippen LogP contribution in [0.15, 0.2) is 23.3 Å². The van der Waals surface area contributed by atoms with Crippen LogP contribution in [0.2, 0.25) is 0 Å². The first-order valence-corrected chi connectivity index (χ1v) is 5.33. The van der Waals surface area contributed by atoms with E-state index in [-0.39, 0.29) is 0 Å². The normalized spacial score (nSPS) is 22.4. The standard InChI is InChI=1S/C13H21/c1-11(2)6-4-8-13-9-5-7-12(3)10-13/h6,9,12H,3-5,7-8,10H2,1-2H3/t12-/m0/s1. The number of rotatable bonds is 3. The van der Waals surface area contributed by atoms with Crippen LogP contribution in [0.5, 0.6) is 0 Å². The first-order chi connectivity index (χ1) is 6.18. The third kappa shape index (κ3) is 4.31. The Labute approximate surface area is 82.7 Å². The van der Waals surface area contributed by atoms with Gasteiger partial charge in [0.25, 0.3) is 0 Å². The van der Waals surface area contributed by atoms with Crippen molar-refractivity contribution in [3.63, 3.8) is 0 Å². The van der Waals surface area contributed by atoms with E-state index in [0.29, 0.717) is 5.92 Å². The van der Waals surface area contributed by atoms with Crippen LogP contribution in [0.1, 0.15) is 46.0 Å². The van der Waals surface area contributed by atoms with Crippen molar-refractivity contribution in [1.29, 1.82) is 0 Å². The molecule has 73 valence electrons. The minimum atomic E-state index is 0.673. The fourth-order valence-corrected chi connectivity index (χ4v) is 1.83. The third-order valence-electron chi connectivity index (χ3n) is 2.58. The van der Waals surface area contributed by atoms with Crippen LogP contribution in [-0.4, -0.2) is 0 Å². The summed E-state index contributed by atoms with van der Waals surface area (Å²) in [6.45, 7) is 8.47. The molecule has 0 heteroatoms. The maximum absolute atomic E-state index is 4.13. The van der Waals surface area contributed by atoms with E-state index in [4.69, 9.17) is 0 Å². The summed E-state index contributed by atoms with van der Waals surface area (Å²) < 4.78 is 0. The lowest BCUT2D eigenvalue weighted by molar-refractivity contribution is 0.547. The molecule has 13 heavy (non-hydrogen) atoms. The van der Waals surface area contributed by atoms with Crippen molar-refractivity contribution >= 4 is 0 Å². The smallest absolute Gasteiger partial charge is 0.0285 e. The van der Waals surface area contributed by atoms with Gasteiger partial charge in [-0.1, -0.05) is 23.3 Å². The summed E-state index contributed by atoms with van der Waals surface area (Å²) >= 11 is 0. The van der Waals surface area contributed by atoms with Gasteiger partial charge in [0.2, 0.25) is 0 Å². The van der Waals surface area contributed by atoms with Crippen LogP contribution in [0.4, 0.5) is 0 Å². The molecule has 0 unspecified atom stereocenters. The molecule has 1 aliphatic carbocycles. The Kier molecular flexibility index (Phi) is 4.27. The highest BCUT2D eigenvalue weighted by molar-refractivity contribution is 5.09. The zero-order valence-corrected chi connectivity index (χ0v) is 8.97. The van der Waals surface area contributed by atoms with Gasteiger partial charge in [-0.2, -0.15) is 0 Å². The maximum atomic E-state index is 4.13. The van der Waals surface area contributed by atoms with Crippen molar-refractivity contribution in [1.82, 2.24) is 0 Å². The van der Waals surface area contributed by atoms with Gasteiger partial charge < -0.3 is 0 Å². The summed E-state index contributed by atoms with van der Waals surface area (Å²) in [5.41, 5.74) is 3.06. The zero-order valence-electron chi connectivity index (χ0n) is 8.97. The van der Waals surface area contributed by atoms with Gasteiger partial charge in [0.05, 0.1) is 0 Å². The third-order valence-corrected chi connectivity index (χ3v) is 2.58. The Morgan fingerprint density at radius 3 is 3.00 bits per heavy atom. The molecule has 0 saturated carbocycles. The van der Waals surface area contributed by atoms with Crippen molar-refractivity contribution in [3.05, 3.63) is 30.2 Å². The van der Waals surface area contributed by atoms with Crippen molar-refractivity contribution < 1.29 is 0 Å². The molecule has 1 rings (SSSR count). The topological polar surface area (TPSA) is 0 Å². The highest BCUT2D eigenvalue weighted by atomic mass is 14.1. The first kappa shape index (κ1) is 10.6. The molecular formula is C13H21. The summed E-state index contributed by atoms with van der Waals surface area (Å²) in [5.74, 6) is 0.673. The Morgan fingerprint density at radius 2 is 2.38 bits per heavy atom. The van der Waals surface area contributed by atoms with E-state index in [1.165, 1.54) is 37.7 Å². The molecule has 0 N–H and O–H groups in total. The predicted octanol–water partition coefficient (Wildman–Crippen LogP) is 4.29. The van der Waals surface area contributed by atoms with E-state index in [2.05, 4.69) is 32.9 Å². The van der Waals surface area contributed by atoms with Gasteiger partial charge >= 0.3 is 0 Å². The van der Waals surface area contributed by atoms with Crippen molar-refractivity contribution in [3.8, 4) is 0 Å². The summed E-state index contributed by atoms with van der Waals surface area (Å²) in [6, 6.07) is 0. The Morgan fingerprint density at radius 1 is 1.62 bits per heavy atom. The fraction of sp³-hybridized carbons (Fsp3) is 0.615. The number of allylic oxidation sites excluding steroid dienone is 4. The Balaban J connectivity index is 2.29. The average molecular weight is 177 g/mol. The lowest BCUT2D eigenvalue weighted by Gasteiger charge is -2.18. The maximum Gasteiger partial charge on any atom is -0.0285 e. The van der Waals surface area contributed by atoms with E-state index < -0.39 is 0 Å². The van der Waals surface area contributed by atoms with E-state index in [1.54, 1.807) is 5.57 Å². The molecule has 1 radical (unpaired) electrons. The molecule has 0 spiro atoms. The van der Waals surface area contributed by atoms with Crippen LogP contribution in [0.3, 0.4) is 0 Å². The van der Waals surface area contributed by atoms with Gasteiger partial charge in [-0.3, -0.25) is 0 Å². The molecule has 0 aliphatic heterocycles. The molecule has 0 aromatic heterocycles. The Bertz CT molecular complexity index is 204. The van der Waals surface area contributed by atoms with E-state index in [0.717, 1.165) is 0 Å². The molecule has 0 nitrogen and oxygen atoms in total. The summed E-state index contributed by atoms with van der Waals surface area (Å²) in [6.07, 6.45) is 11.0. The first-order valence-electron chi connectivity index (χ1n) is 5.33. The molecule has 0 heterocycles. The van der Waals surface area contributed by atoms with E-state index in [9.17, 15) is 0 Å². The molecule has 0 aromatic rings. The van der Waals surface area contributed by atoms with Crippen LogP contribution < -0.4 is 0 Å². The average Bonchev–Trinajstić information content (AvgIpc) is 2.03. The van der Waals surface area contributed by atoms with Gasteiger partial charge in [-0.15, -0.1) is 0 Å². The van der Waals surface area contributed by atoms with Crippen molar-refractivity contribution in [2.45, 2.75) is 46.0 Å². The van der Waals surface area contributed by atoms with Crippen molar-refractivity contribution in [2.75, 3.05) is 0 Å². The summed E-state index contributed by atoms with van der Waals surface area (Å²) in [4.78, 5) is 0. The predicted molar refractivity (Wildman–Crippen MR) is 59.4 cm³/mol. The van der Waals surface area contributed by atoms with Crippen LogP contribution in [0, 0.1) is 12.8 Å². The highest BCUT2D eigenvalue weighted by Crippen LogP contribution is 2.26. The van der Waals surface area contributed by atoms with Gasteiger partial charge in [0.15, 0.2) is 0 Å². The van der Waals surface area contributed by atoms with Crippen LogP contribution >= 0.6 is 0 Å². The van der Waals surface area contributed by atoms with E-state index in [1.807, 2.05) is 0 Å². The largest absolute Gasteiger partial charge is 0.0856 e. The Hall–Kier alpha value is -0.520. The SMILES string of the molecule is [CH2][C@H]1CCC=C(CCC=C(C)C)C1. The number of hydrogen-bond donors (Lipinski definition) is 0. The second-order valence-electron chi connectivity index (χ2n) is 4.33. The highest BCUT2D eigenvalue weighted by Gasteiger charge is 2.09. The van der Waals surface area contributed by atoms with Crippen molar-refractivity contribution in [2.24, 2.45) is 5.92 Å².